The third kappa shape index (κ3) is 3.47. The first-order valence-electron chi connectivity index (χ1n) is 7.25. The molecule has 1 N–H and O–H groups in total. The Balaban J connectivity index is 1.45. The summed E-state index contributed by atoms with van der Waals surface area (Å²) >= 11 is 3.47. The van der Waals surface area contributed by atoms with Crippen molar-refractivity contribution < 1.29 is 0 Å². The van der Waals surface area contributed by atoms with Crippen LogP contribution in [0.1, 0.15) is 19.0 Å². The first kappa shape index (κ1) is 14.2. The quantitative estimate of drug-likeness (QED) is 0.887. The maximum Gasteiger partial charge on any atom is 0.124 e. The minimum atomic E-state index is 0.810. The highest BCUT2D eigenvalue weighted by Gasteiger charge is 2.20. The molecule has 5 heteroatoms. The van der Waals surface area contributed by atoms with Crippen molar-refractivity contribution in [2.75, 3.05) is 26.2 Å². The van der Waals surface area contributed by atoms with Crippen LogP contribution in [0.5, 0.6) is 0 Å². The summed E-state index contributed by atoms with van der Waals surface area (Å²) in [5.41, 5.74) is 2.42. The van der Waals surface area contributed by atoms with Gasteiger partial charge in [-0.3, -0.25) is 0 Å². The Morgan fingerprint density at radius 2 is 2.40 bits per heavy atom. The zero-order chi connectivity index (χ0) is 13.8. The van der Waals surface area contributed by atoms with Crippen molar-refractivity contribution in [3.63, 3.8) is 0 Å². The molecule has 0 amide bonds. The average Bonchev–Trinajstić information content (AvgIpc) is 3.20. The van der Waals surface area contributed by atoms with Crippen LogP contribution in [-0.2, 0) is 6.54 Å². The zero-order valence-corrected chi connectivity index (χ0v) is 13.5. The summed E-state index contributed by atoms with van der Waals surface area (Å²) in [6.45, 7) is 7.96. The van der Waals surface area contributed by atoms with Crippen molar-refractivity contribution in [1.29, 1.82) is 0 Å². The van der Waals surface area contributed by atoms with Gasteiger partial charge in [0.25, 0.3) is 0 Å². The van der Waals surface area contributed by atoms with Gasteiger partial charge in [0, 0.05) is 29.4 Å². The van der Waals surface area contributed by atoms with Crippen LogP contribution >= 0.6 is 22.7 Å². The van der Waals surface area contributed by atoms with Crippen molar-refractivity contribution in [2.45, 2.75) is 19.9 Å². The van der Waals surface area contributed by atoms with E-state index in [4.69, 9.17) is 4.98 Å². The van der Waals surface area contributed by atoms with E-state index in [0.29, 0.717) is 0 Å². The molecule has 108 valence electrons. The van der Waals surface area contributed by atoms with Crippen LogP contribution < -0.4 is 5.32 Å². The fraction of sp³-hybridized carbons (Fsp3) is 0.533. The molecule has 3 rings (SSSR count). The Morgan fingerprint density at radius 1 is 1.45 bits per heavy atom. The van der Waals surface area contributed by atoms with Gasteiger partial charge in [-0.2, -0.15) is 11.3 Å². The van der Waals surface area contributed by atoms with Crippen molar-refractivity contribution in [2.24, 2.45) is 5.92 Å². The van der Waals surface area contributed by atoms with E-state index in [9.17, 15) is 0 Å². The van der Waals surface area contributed by atoms with Crippen LogP contribution in [0.25, 0.3) is 10.6 Å². The number of nitrogens with zero attached hydrogens (tertiary/aromatic N) is 2. The van der Waals surface area contributed by atoms with E-state index in [0.717, 1.165) is 24.0 Å². The van der Waals surface area contributed by atoms with Gasteiger partial charge in [0.05, 0.1) is 5.69 Å². The van der Waals surface area contributed by atoms with E-state index >= 15 is 0 Å². The Kier molecular flexibility index (Phi) is 4.83. The van der Waals surface area contributed by atoms with Crippen LogP contribution in [0.15, 0.2) is 22.2 Å². The Labute approximate surface area is 128 Å². The lowest BCUT2D eigenvalue weighted by Gasteiger charge is -2.13. The molecule has 2 aromatic rings. The molecular weight excluding hydrogens is 286 g/mol. The zero-order valence-electron chi connectivity index (χ0n) is 11.8. The molecule has 1 saturated heterocycles. The summed E-state index contributed by atoms with van der Waals surface area (Å²) in [5.74, 6) is 0.810. The molecule has 1 atom stereocenters. The number of nitrogens with one attached hydrogen (secondary N) is 1. The van der Waals surface area contributed by atoms with Crippen LogP contribution in [0.2, 0.25) is 0 Å². The van der Waals surface area contributed by atoms with E-state index in [1.807, 2.05) is 0 Å². The molecule has 3 heterocycles. The number of likely N-dealkylation sites (tertiary alicyclic amines) is 1. The predicted molar refractivity (Wildman–Crippen MR) is 87.4 cm³/mol. The average molecular weight is 307 g/mol. The second kappa shape index (κ2) is 6.80. The number of hydrogen-bond acceptors (Lipinski definition) is 5. The summed E-state index contributed by atoms with van der Waals surface area (Å²) < 4.78 is 0. The molecule has 20 heavy (non-hydrogen) atoms. The molecule has 0 aromatic carbocycles. The van der Waals surface area contributed by atoms with E-state index in [1.165, 1.54) is 37.3 Å². The van der Waals surface area contributed by atoms with Gasteiger partial charge in [-0.1, -0.05) is 6.92 Å². The summed E-state index contributed by atoms with van der Waals surface area (Å²) in [4.78, 5) is 7.23. The summed E-state index contributed by atoms with van der Waals surface area (Å²) in [6, 6.07) is 2.14. The van der Waals surface area contributed by atoms with Gasteiger partial charge in [-0.25, -0.2) is 4.98 Å². The fourth-order valence-electron chi connectivity index (χ4n) is 2.68. The topological polar surface area (TPSA) is 28.2 Å². The largest absolute Gasteiger partial charge is 0.311 e. The van der Waals surface area contributed by atoms with E-state index in [-0.39, 0.29) is 0 Å². The highest BCUT2D eigenvalue weighted by Crippen LogP contribution is 2.25. The minimum Gasteiger partial charge on any atom is -0.311 e. The number of hydrogen-bond donors (Lipinski definition) is 1. The molecule has 2 aromatic heterocycles. The third-order valence-corrected chi connectivity index (χ3v) is 5.50. The molecule has 0 spiro atoms. The molecule has 0 saturated carbocycles. The molecular formula is C15H21N3S2. The Hall–Kier alpha value is -0.750. The second-order valence-electron chi connectivity index (χ2n) is 5.33. The molecule has 0 bridgehead atoms. The molecule has 0 aliphatic carbocycles. The van der Waals surface area contributed by atoms with E-state index in [1.54, 1.807) is 22.7 Å². The molecule has 3 nitrogen and oxygen atoms in total. The normalized spacial score (nSPS) is 19.8. The van der Waals surface area contributed by atoms with Crippen LogP contribution in [0.3, 0.4) is 0 Å². The molecule has 0 radical (unpaired) electrons. The first-order chi connectivity index (χ1) is 9.85. The first-order valence-corrected chi connectivity index (χ1v) is 9.07. The van der Waals surface area contributed by atoms with Crippen LogP contribution in [0, 0.1) is 5.92 Å². The monoisotopic (exact) mass is 307 g/mol. The van der Waals surface area contributed by atoms with Crippen LogP contribution in [0.4, 0.5) is 0 Å². The molecule has 1 aliphatic heterocycles. The fourth-order valence-corrected chi connectivity index (χ4v) is 4.21. The van der Waals surface area contributed by atoms with Crippen molar-refractivity contribution in [1.82, 2.24) is 15.2 Å². The molecule has 0 unspecified atom stereocenters. The maximum absolute atomic E-state index is 4.70. The van der Waals surface area contributed by atoms with E-state index < -0.39 is 0 Å². The van der Waals surface area contributed by atoms with Crippen molar-refractivity contribution in [3.05, 3.63) is 27.9 Å². The molecule has 1 fully saturated rings. The smallest absolute Gasteiger partial charge is 0.124 e. The van der Waals surface area contributed by atoms with Gasteiger partial charge in [0.15, 0.2) is 0 Å². The third-order valence-electron chi connectivity index (χ3n) is 3.88. The van der Waals surface area contributed by atoms with Gasteiger partial charge >= 0.3 is 0 Å². The summed E-state index contributed by atoms with van der Waals surface area (Å²) in [7, 11) is 0. The van der Waals surface area contributed by atoms with Crippen molar-refractivity contribution >= 4 is 22.7 Å². The summed E-state index contributed by atoms with van der Waals surface area (Å²) in [5, 5.41) is 11.1. The Morgan fingerprint density at radius 3 is 3.15 bits per heavy atom. The lowest BCUT2D eigenvalue weighted by molar-refractivity contribution is 0.339. The number of thiophene rings is 1. The van der Waals surface area contributed by atoms with Crippen molar-refractivity contribution in [3.8, 4) is 10.6 Å². The van der Waals surface area contributed by atoms with Gasteiger partial charge in [0.2, 0.25) is 0 Å². The van der Waals surface area contributed by atoms with Gasteiger partial charge in [-0.15, -0.1) is 11.3 Å². The summed E-state index contributed by atoms with van der Waals surface area (Å²) in [6.07, 6.45) is 1.33. The lowest BCUT2D eigenvalue weighted by atomic mass is 10.1. The predicted octanol–water partition coefficient (Wildman–Crippen LogP) is 3.30. The standard InChI is InChI=1S/C15H21N3S2/c1-2-18-5-3-12(9-18)7-16-8-14-11-20-15(17-14)13-4-6-19-10-13/h4,6,10-12,16H,2-3,5,7-9H2,1H3/t12-/m0/s1. The lowest BCUT2D eigenvalue weighted by Crippen LogP contribution is -2.26. The highest BCUT2D eigenvalue weighted by molar-refractivity contribution is 7.14. The highest BCUT2D eigenvalue weighted by atomic mass is 32.1. The van der Waals surface area contributed by atoms with E-state index in [2.05, 4.69) is 39.3 Å². The number of thiazole rings is 1. The molecule has 1 aliphatic rings. The van der Waals surface area contributed by atoms with Gasteiger partial charge in [-0.05, 0) is 43.4 Å². The SMILES string of the molecule is CCN1CC[C@@H](CNCc2csc(-c3ccsc3)n2)C1. The second-order valence-corrected chi connectivity index (χ2v) is 6.97. The maximum atomic E-state index is 4.70. The Bertz CT molecular complexity index is 521. The number of aromatic nitrogens is 1. The van der Waals surface area contributed by atoms with Crippen LogP contribution in [-0.4, -0.2) is 36.1 Å². The van der Waals surface area contributed by atoms with Gasteiger partial charge in [0.1, 0.15) is 5.01 Å². The van der Waals surface area contributed by atoms with Gasteiger partial charge < -0.3 is 10.2 Å². The minimum absolute atomic E-state index is 0.810. The number of rotatable bonds is 6.